The summed E-state index contributed by atoms with van der Waals surface area (Å²) in [5.74, 6) is 0.534. The van der Waals surface area contributed by atoms with Crippen molar-refractivity contribution < 1.29 is 9.72 Å². The van der Waals surface area contributed by atoms with E-state index in [4.69, 9.17) is 0 Å². The van der Waals surface area contributed by atoms with Crippen LogP contribution in [-0.2, 0) is 4.79 Å². The molecule has 122 valence electrons. The van der Waals surface area contributed by atoms with E-state index in [1.165, 1.54) is 29.9 Å². The number of benzene rings is 1. The number of piperidine rings is 1. The smallest absolute Gasteiger partial charge is 0.270 e. The standard InChI is InChI=1S/C15H18N4O3S/c1-10-3-2-6-18(8-10)9-14(20)17-15-16-12-5-4-11(19(21)22)7-13(12)23-15/h4-5,7,10H,2-3,6,8-9H2,1H3,(H,16,17,20). The van der Waals surface area contributed by atoms with Crippen LogP contribution < -0.4 is 5.32 Å². The second-order valence-electron chi connectivity index (χ2n) is 5.96. The van der Waals surface area contributed by atoms with Crippen molar-refractivity contribution in [3.05, 3.63) is 28.3 Å². The number of likely N-dealkylation sites (tertiary alicyclic amines) is 1. The molecule has 1 amide bonds. The van der Waals surface area contributed by atoms with Crippen LogP contribution in [0.5, 0.6) is 0 Å². The number of thiazole rings is 1. The number of nitrogens with zero attached hydrogens (tertiary/aromatic N) is 3. The number of carbonyl (C=O) groups is 1. The lowest BCUT2D eigenvalue weighted by atomic mass is 10.0. The zero-order valence-corrected chi connectivity index (χ0v) is 13.6. The minimum atomic E-state index is -0.436. The van der Waals surface area contributed by atoms with Gasteiger partial charge in [0, 0.05) is 18.7 Å². The summed E-state index contributed by atoms with van der Waals surface area (Å²) in [7, 11) is 0. The number of rotatable bonds is 4. The highest BCUT2D eigenvalue weighted by molar-refractivity contribution is 7.22. The summed E-state index contributed by atoms with van der Waals surface area (Å²) >= 11 is 1.25. The average molecular weight is 334 g/mol. The fourth-order valence-corrected chi connectivity index (χ4v) is 3.79. The maximum atomic E-state index is 12.1. The summed E-state index contributed by atoms with van der Waals surface area (Å²) in [6, 6.07) is 4.50. The van der Waals surface area contributed by atoms with Crippen LogP contribution in [0, 0.1) is 16.0 Å². The first kappa shape index (κ1) is 15.8. The Labute approximate surface area is 137 Å². The molecule has 1 saturated heterocycles. The monoisotopic (exact) mass is 334 g/mol. The molecule has 0 radical (unpaired) electrons. The minimum Gasteiger partial charge on any atom is -0.301 e. The summed E-state index contributed by atoms with van der Waals surface area (Å²) < 4.78 is 0.695. The number of hydrogen-bond donors (Lipinski definition) is 1. The molecule has 0 saturated carbocycles. The average Bonchev–Trinajstić information content (AvgIpc) is 2.87. The number of hydrogen-bond acceptors (Lipinski definition) is 6. The van der Waals surface area contributed by atoms with Gasteiger partial charge in [-0.05, 0) is 31.4 Å². The van der Waals surface area contributed by atoms with Crippen LogP contribution in [0.1, 0.15) is 19.8 Å². The van der Waals surface area contributed by atoms with Gasteiger partial charge >= 0.3 is 0 Å². The van der Waals surface area contributed by atoms with Crippen LogP contribution in [0.2, 0.25) is 0 Å². The van der Waals surface area contributed by atoms with E-state index < -0.39 is 4.92 Å². The number of fused-ring (bicyclic) bond motifs is 1. The van der Waals surface area contributed by atoms with E-state index in [2.05, 4.69) is 22.1 Å². The van der Waals surface area contributed by atoms with Crippen molar-refractivity contribution in [3.8, 4) is 0 Å². The Morgan fingerprint density at radius 3 is 3.13 bits per heavy atom. The van der Waals surface area contributed by atoms with Crippen molar-refractivity contribution in [2.75, 3.05) is 25.0 Å². The Morgan fingerprint density at radius 2 is 2.39 bits per heavy atom. The molecule has 0 bridgehead atoms. The van der Waals surface area contributed by atoms with Gasteiger partial charge in [-0.1, -0.05) is 18.3 Å². The van der Waals surface area contributed by atoms with E-state index in [0.717, 1.165) is 19.5 Å². The third-order valence-corrected chi connectivity index (χ3v) is 4.87. The van der Waals surface area contributed by atoms with Gasteiger partial charge in [0.2, 0.25) is 5.91 Å². The maximum absolute atomic E-state index is 12.1. The quantitative estimate of drug-likeness (QED) is 0.686. The van der Waals surface area contributed by atoms with Crippen molar-refractivity contribution in [1.82, 2.24) is 9.88 Å². The number of amides is 1. The Morgan fingerprint density at radius 1 is 1.57 bits per heavy atom. The van der Waals surface area contributed by atoms with Gasteiger partial charge in [-0.3, -0.25) is 19.8 Å². The van der Waals surface area contributed by atoms with Crippen LogP contribution >= 0.6 is 11.3 Å². The minimum absolute atomic E-state index is 0.0290. The molecule has 1 aromatic carbocycles. The highest BCUT2D eigenvalue weighted by Crippen LogP contribution is 2.29. The van der Waals surface area contributed by atoms with Crippen LogP contribution in [-0.4, -0.2) is 40.3 Å². The molecule has 1 aliphatic rings. The molecule has 0 aliphatic carbocycles. The van der Waals surface area contributed by atoms with Gasteiger partial charge in [0.15, 0.2) is 5.13 Å². The number of carbonyl (C=O) groups excluding carboxylic acids is 1. The van der Waals surface area contributed by atoms with Gasteiger partial charge in [-0.25, -0.2) is 4.98 Å². The number of nitro benzene ring substituents is 1. The summed E-state index contributed by atoms with van der Waals surface area (Å²) in [5.41, 5.74) is 0.684. The zero-order chi connectivity index (χ0) is 16.4. The van der Waals surface area contributed by atoms with Crippen molar-refractivity contribution >= 4 is 38.3 Å². The molecule has 1 fully saturated rings. The molecule has 1 aromatic heterocycles. The number of nitrogens with one attached hydrogen (secondary N) is 1. The van der Waals surface area contributed by atoms with E-state index in [1.54, 1.807) is 6.07 Å². The molecule has 1 aliphatic heterocycles. The zero-order valence-electron chi connectivity index (χ0n) is 12.8. The SMILES string of the molecule is CC1CCCN(CC(=O)Nc2nc3ccc([N+](=O)[O-])cc3s2)C1. The van der Waals surface area contributed by atoms with Crippen molar-refractivity contribution in [2.45, 2.75) is 19.8 Å². The van der Waals surface area contributed by atoms with Crippen molar-refractivity contribution in [1.29, 1.82) is 0 Å². The summed E-state index contributed by atoms with van der Waals surface area (Å²) in [6.07, 6.45) is 2.34. The second-order valence-corrected chi connectivity index (χ2v) is 6.99. The second kappa shape index (κ2) is 6.59. The summed E-state index contributed by atoms with van der Waals surface area (Å²) in [5, 5.41) is 14.1. The first-order chi connectivity index (χ1) is 11.0. The fraction of sp³-hybridized carbons (Fsp3) is 0.467. The Bertz CT molecular complexity index is 745. The molecule has 0 spiro atoms. The highest BCUT2D eigenvalue weighted by Gasteiger charge is 2.19. The van der Waals surface area contributed by atoms with E-state index in [9.17, 15) is 14.9 Å². The van der Waals surface area contributed by atoms with Crippen molar-refractivity contribution in [2.24, 2.45) is 5.92 Å². The van der Waals surface area contributed by atoms with Gasteiger partial charge in [-0.15, -0.1) is 0 Å². The first-order valence-corrected chi connectivity index (χ1v) is 8.40. The van der Waals surface area contributed by atoms with Crippen molar-refractivity contribution in [3.63, 3.8) is 0 Å². The lowest BCUT2D eigenvalue weighted by Crippen LogP contribution is -2.39. The molecule has 7 nitrogen and oxygen atoms in total. The maximum Gasteiger partial charge on any atom is 0.270 e. The van der Waals surface area contributed by atoms with Crippen LogP contribution in [0.3, 0.4) is 0 Å². The van der Waals surface area contributed by atoms with E-state index >= 15 is 0 Å². The Balaban J connectivity index is 1.66. The van der Waals surface area contributed by atoms with Gasteiger partial charge < -0.3 is 5.32 Å². The number of aromatic nitrogens is 1. The largest absolute Gasteiger partial charge is 0.301 e. The Kier molecular flexibility index (Phi) is 4.53. The molecule has 1 atom stereocenters. The third kappa shape index (κ3) is 3.83. The van der Waals surface area contributed by atoms with E-state index in [-0.39, 0.29) is 11.6 Å². The molecular formula is C15H18N4O3S. The molecule has 1 unspecified atom stereocenters. The summed E-state index contributed by atoms with van der Waals surface area (Å²) in [4.78, 5) is 29.0. The summed E-state index contributed by atoms with van der Waals surface area (Å²) in [6.45, 7) is 4.45. The molecular weight excluding hydrogens is 316 g/mol. The van der Waals surface area contributed by atoms with Gasteiger partial charge in [0.1, 0.15) is 0 Å². The van der Waals surface area contributed by atoms with Gasteiger partial charge in [0.05, 0.1) is 21.7 Å². The third-order valence-electron chi connectivity index (χ3n) is 3.94. The lowest BCUT2D eigenvalue weighted by molar-refractivity contribution is -0.384. The van der Waals surface area contributed by atoms with Crippen LogP contribution in [0.15, 0.2) is 18.2 Å². The lowest BCUT2D eigenvalue weighted by Gasteiger charge is -2.29. The number of anilines is 1. The van der Waals surface area contributed by atoms with E-state index in [0.29, 0.717) is 27.8 Å². The number of non-ortho nitro benzene ring substituents is 1. The van der Waals surface area contributed by atoms with Gasteiger partial charge in [-0.2, -0.15) is 0 Å². The molecule has 23 heavy (non-hydrogen) atoms. The highest BCUT2D eigenvalue weighted by atomic mass is 32.1. The fourth-order valence-electron chi connectivity index (χ4n) is 2.87. The molecule has 2 aromatic rings. The molecule has 2 heterocycles. The van der Waals surface area contributed by atoms with Crippen LogP contribution in [0.25, 0.3) is 10.2 Å². The predicted octanol–water partition coefficient (Wildman–Crippen LogP) is 2.87. The van der Waals surface area contributed by atoms with E-state index in [1.807, 2.05) is 0 Å². The van der Waals surface area contributed by atoms with Crippen LogP contribution in [0.4, 0.5) is 10.8 Å². The normalized spacial score (nSPS) is 18.9. The predicted molar refractivity (Wildman–Crippen MR) is 89.7 cm³/mol. The van der Waals surface area contributed by atoms with Gasteiger partial charge in [0.25, 0.3) is 5.69 Å². The Hall–Kier alpha value is -2.06. The topological polar surface area (TPSA) is 88.4 Å². The molecule has 8 heteroatoms. The molecule has 3 rings (SSSR count). The first-order valence-electron chi connectivity index (χ1n) is 7.58. The molecule has 1 N–H and O–H groups in total. The number of nitro groups is 1.